The van der Waals surface area contributed by atoms with Crippen LogP contribution in [-0.4, -0.2) is 56.1 Å². The molecule has 2 fully saturated rings. The molecule has 0 aromatic heterocycles. The molecule has 3 nitrogen and oxygen atoms in total. The molecule has 1 atom stereocenters. The molecule has 2 saturated heterocycles. The molecule has 0 aliphatic carbocycles. The van der Waals surface area contributed by atoms with Crippen LogP contribution < -0.4 is 5.73 Å². The molecule has 1 unspecified atom stereocenters. The Bertz CT molecular complexity index is 189. The monoisotopic (exact) mass is 211 g/mol. The second-order valence-corrected chi connectivity index (χ2v) is 5.42. The Morgan fingerprint density at radius 1 is 1.20 bits per heavy atom. The van der Waals surface area contributed by atoms with Crippen LogP contribution >= 0.6 is 0 Å². The molecule has 2 heterocycles. The van der Waals surface area contributed by atoms with Gasteiger partial charge in [0.2, 0.25) is 0 Å². The van der Waals surface area contributed by atoms with Crippen LogP contribution in [0.3, 0.4) is 0 Å². The van der Waals surface area contributed by atoms with E-state index < -0.39 is 0 Å². The summed E-state index contributed by atoms with van der Waals surface area (Å²) in [5.74, 6) is 1.77. The molecule has 88 valence electrons. The van der Waals surface area contributed by atoms with Gasteiger partial charge in [0.15, 0.2) is 0 Å². The van der Waals surface area contributed by atoms with Crippen LogP contribution in [-0.2, 0) is 0 Å². The number of nitrogens with zero attached hydrogens (tertiary/aromatic N) is 2. The summed E-state index contributed by atoms with van der Waals surface area (Å²) in [6.45, 7) is 7.37. The summed E-state index contributed by atoms with van der Waals surface area (Å²) in [6, 6.07) is 0. The van der Waals surface area contributed by atoms with Gasteiger partial charge in [0.1, 0.15) is 0 Å². The van der Waals surface area contributed by atoms with Gasteiger partial charge < -0.3 is 15.5 Å². The van der Waals surface area contributed by atoms with Crippen molar-refractivity contribution in [3.05, 3.63) is 0 Å². The number of rotatable bonds is 5. The molecule has 15 heavy (non-hydrogen) atoms. The van der Waals surface area contributed by atoms with Gasteiger partial charge >= 0.3 is 0 Å². The van der Waals surface area contributed by atoms with Crippen LogP contribution in [0.4, 0.5) is 0 Å². The minimum atomic E-state index is 0.778. The zero-order chi connectivity index (χ0) is 10.7. The first-order valence-corrected chi connectivity index (χ1v) is 6.39. The third-order valence-electron chi connectivity index (χ3n) is 3.93. The fourth-order valence-electron chi connectivity index (χ4n) is 2.92. The van der Waals surface area contributed by atoms with Crippen molar-refractivity contribution in [2.45, 2.75) is 19.3 Å². The Morgan fingerprint density at radius 2 is 2.00 bits per heavy atom. The highest BCUT2D eigenvalue weighted by Gasteiger charge is 2.24. The molecule has 0 aromatic rings. The van der Waals surface area contributed by atoms with E-state index in [1.165, 1.54) is 52.0 Å². The van der Waals surface area contributed by atoms with Gasteiger partial charge in [-0.05, 0) is 57.8 Å². The average Bonchev–Trinajstić information content (AvgIpc) is 2.63. The van der Waals surface area contributed by atoms with Gasteiger partial charge in [0.25, 0.3) is 0 Å². The SMILES string of the molecule is CN1CC(CCCN2CCC(CN)C2)C1. The van der Waals surface area contributed by atoms with Crippen molar-refractivity contribution in [3.8, 4) is 0 Å². The lowest BCUT2D eigenvalue weighted by Crippen LogP contribution is -2.43. The molecule has 3 heteroatoms. The van der Waals surface area contributed by atoms with Crippen molar-refractivity contribution in [1.82, 2.24) is 9.80 Å². The number of nitrogens with two attached hydrogens (primary N) is 1. The van der Waals surface area contributed by atoms with Crippen molar-refractivity contribution in [3.63, 3.8) is 0 Å². The van der Waals surface area contributed by atoms with Crippen LogP contribution in [0, 0.1) is 11.8 Å². The van der Waals surface area contributed by atoms with E-state index in [-0.39, 0.29) is 0 Å². The van der Waals surface area contributed by atoms with E-state index in [0.717, 1.165) is 18.4 Å². The summed E-state index contributed by atoms with van der Waals surface area (Å²) < 4.78 is 0. The van der Waals surface area contributed by atoms with Gasteiger partial charge in [-0.3, -0.25) is 0 Å². The van der Waals surface area contributed by atoms with Crippen molar-refractivity contribution in [2.75, 3.05) is 46.3 Å². The summed E-state index contributed by atoms with van der Waals surface area (Å²) >= 11 is 0. The van der Waals surface area contributed by atoms with Crippen molar-refractivity contribution in [1.29, 1.82) is 0 Å². The molecule has 2 aliphatic rings. The molecule has 0 aromatic carbocycles. The van der Waals surface area contributed by atoms with E-state index in [0.29, 0.717) is 0 Å². The normalized spacial score (nSPS) is 29.6. The molecule has 0 saturated carbocycles. The lowest BCUT2D eigenvalue weighted by Gasteiger charge is -2.36. The first-order valence-electron chi connectivity index (χ1n) is 6.39. The Hall–Kier alpha value is -0.120. The maximum atomic E-state index is 5.69. The lowest BCUT2D eigenvalue weighted by atomic mass is 9.95. The molecule has 2 N–H and O–H groups in total. The average molecular weight is 211 g/mol. The van der Waals surface area contributed by atoms with Gasteiger partial charge in [-0.2, -0.15) is 0 Å². The third-order valence-corrected chi connectivity index (χ3v) is 3.93. The van der Waals surface area contributed by atoms with Crippen LogP contribution in [0.2, 0.25) is 0 Å². The molecule has 2 rings (SSSR count). The molecule has 0 radical (unpaired) electrons. The summed E-state index contributed by atoms with van der Waals surface area (Å²) in [5, 5.41) is 0. The third kappa shape index (κ3) is 3.16. The Labute approximate surface area is 93.6 Å². The van der Waals surface area contributed by atoms with Crippen molar-refractivity contribution in [2.24, 2.45) is 17.6 Å². The van der Waals surface area contributed by atoms with E-state index >= 15 is 0 Å². The molecule has 0 amide bonds. The summed E-state index contributed by atoms with van der Waals surface area (Å²) in [5.41, 5.74) is 5.69. The van der Waals surface area contributed by atoms with E-state index in [4.69, 9.17) is 5.73 Å². The molecular weight excluding hydrogens is 186 g/mol. The fraction of sp³-hybridized carbons (Fsp3) is 1.00. The standard InChI is InChI=1S/C12H25N3/c1-14-8-12(9-14)3-2-5-15-6-4-11(7-13)10-15/h11-12H,2-10,13H2,1H3. The van der Waals surface area contributed by atoms with E-state index in [2.05, 4.69) is 16.8 Å². The Kier molecular flexibility index (Phi) is 4.00. The van der Waals surface area contributed by atoms with Crippen LogP contribution in [0.5, 0.6) is 0 Å². The summed E-state index contributed by atoms with van der Waals surface area (Å²) in [6.07, 6.45) is 4.13. The molecule has 0 bridgehead atoms. The first kappa shape index (κ1) is 11.4. The van der Waals surface area contributed by atoms with Gasteiger partial charge in [-0.25, -0.2) is 0 Å². The second-order valence-electron chi connectivity index (χ2n) is 5.42. The summed E-state index contributed by atoms with van der Waals surface area (Å²) in [7, 11) is 2.21. The van der Waals surface area contributed by atoms with E-state index in [9.17, 15) is 0 Å². The van der Waals surface area contributed by atoms with Crippen molar-refractivity contribution < 1.29 is 0 Å². The summed E-state index contributed by atoms with van der Waals surface area (Å²) in [4.78, 5) is 5.00. The Morgan fingerprint density at radius 3 is 2.60 bits per heavy atom. The lowest BCUT2D eigenvalue weighted by molar-refractivity contribution is 0.121. The number of likely N-dealkylation sites (tertiary alicyclic amines) is 2. The van der Waals surface area contributed by atoms with Gasteiger partial charge in [-0.1, -0.05) is 0 Å². The van der Waals surface area contributed by atoms with E-state index in [1.54, 1.807) is 0 Å². The highest BCUT2D eigenvalue weighted by atomic mass is 15.2. The highest BCUT2D eigenvalue weighted by Crippen LogP contribution is 2.20. The Balaban J connectivity index is 1.51. The molecule has 2 aliphatic heterocycles. The van der Waals surface area contributed by atoms with Gasteiger partial charge in [0.05, 0.1) is 0 Å². The smallest absolute Gasteiger partial charge is 0.00222 e. The quantitative estimate of drug-likeness (QED) is 0.723. The second kappa shape index (κ2) is 5.28. The van der Waals surface area contributed by atoms with Crippen LogP contribution in [0.15, 0.2) is 0 Å². The predicted octanol–water partition coefficient (Wildman–Crippen LogP) is 0.609. The minimum Gasteiger partial charge on any atom is -0.330 e. The maximum absolute atomic E-state index is 5.69. The minimum absolute atomic E-state index is 0.778. The zero-order valence-corrected chi connectivity index (χ0v) is 9.99. The van der Waals surface area contributed by atoms with Crippen molar-refractivity contribution >= 4 is 0 Å². The molecular formula is C12H25N3. The largest absolute Gasteiger partial charge is 0.330 e. The first-order chi connectivity index (χ1) is 7.28. The van der Waals surface area contributed by atoms with E-state index in [1.807, 2.05) is 0 Å². The zero-order valence-electron chi connectivity index (χ0n) is 9.99. The number of hydrogen-bond donors (Lipinski definition) is 1. The van der Waals surface area contributed by atoms with Crippen LogP contribution in [0.1, 0.15) is 19.3 Å². The fourth-order valence-corrected chi connectivity index (χ4v) is 2.92. The van der Waals surface area contributed by atoms with Gasteiger partial charge in [0, 0.05) is 19.6 Å². The van der Waals surface area contributed by atoms with Gasteiger partial charge in [-0.15, -0.1) is 0 Å². The molecule has 0 spiro atoms. The highest BCUT2D eigenvalue weighted by molar-refractivity contribution is 4.79. The maximum Gasteiger partial charge on any atom is 0.00222 e. The van der Waals surface area contributed by atoms with Crippen LogP contribution in [0.25, 0.3) is 0 Å². The topological polar surface area (TPSA) is 32.5 Å². The predicted molar refractivity (Wildman–Crippen MR) is 63.8 cm³/mol. The number of hydrogen-bond acceptors (Lipinski definition) is 3.